The smallest absolute Gasteiger partial charge is 0.315 e. The van der Waals surface area contributed by atoms with E-state index in [2.05, 4.69) is 6.92 Å². The average molecular weight is 270 g/mol. The molecule has 0 aliphatic rings. The zero-order valence-corrected chi connectivity index (χ0v) is 11.8. The highest BCUT2D eigenvalue weighted by molar-refractivity contribution is 5.75. The Morgan fingerprint density at radius 3 is 2.00 bits per heavy atom. The van der Waals surface area contributed by atoms with Crippen molar-refractivity contribution in [1.82, 2.24) is 0 Å². The standard InChI is InChI=1S/C17H18O3/c1-3-13-4-10-16(11-5-13)20-17(18)12-14-6-8-15(19-2)9-7-14/h4-11H,3,12H2,1-2H3. The van der Waals surface area contributed by atoms with Gasteiger partial charge in [-0.3, -0.25) is 4.79 Å². The van der Waals surface area contributed by atoms with Crippen molar-refractivity contribution in [2.45, 2.75) is 19.8 Å². The van der Waals surface area contributed by atoms with Crippen LogP contribution in [0.3, 0.4) is 0 Å². The summed E-state index contributed by atoms with van der Waals surface area (Å²) in [6.45, 7) is 2.09. The summed E-state index contributed by atoms with van der Waals surface area (Å²) in [5, 5.41) is 0. The molecular weight excluding hydrogens is 252 g/mol. The van der Waals surface area contributed by atoms with Gasteiger partial charge in [0.15, 0.2) is 0 Å². The molecule has 0 bridgehead atoms. The molecule has 3 heteroatoms. The monoisotopic (exact) mass is 270 g/mol. The van der Waals surface area contributed by atoms with E-state index in [1.807, 2.05) is 48.5 Å². The van der Waals surface area contributed by atoms with Gasteiger partial charge in [0.25, 0.3) is 0 Å². The van der Waals surface area contributed by atoms with E-state index in [0.29, 0.717) is 5.75 Å². The summed E-state index contributed by atoms with van der Waals surface area (Å²) >= 11 is 0. The van der Waals surface area contributed by atoms with Crippen LogP contribution in [0.5, 0.6) is 11.5 Å². The third-order valence-electron chi connectivity index (χ3n) is 3.07. The molecule has 3 nitrogen and oxygen atoms in total. The van der Waals surface area contributed by atoms with Crippen LogP contribution in [0.1, 0.15) is 18.1 Å². The molecular formula is C17H18O3. The van der Waals surface area contributed by atoms with E-state index in [-0.39, 0.29) is 12.4 Å². The Morgan fingerprint density at radius 2 is 1.45 bits per heavy atom. The topological polar surface area (TPSA) is 35.5 Å². The highest BCUT2D eigenvalue weighted by atomic mass is 16.5. The van der Waals surface area contributed by atoms with Gasteiger partial charge >= 0.3 is 5.97 Å². The normalized spacial score (nSPS) is 10.1. The maximum Gasteiger partial charge on any atom is 0.315 e. The molecule has 2 aromatic rings. The van der Waals surface area contributed by atoms with Gasteiger partial charge in [-0.1, -0.05) is 31.2 Å². The number of benzene rings is 2. The molecule has 104 valence electrons. The maximum atomic E-state index is 11.8. The van der Waals surface area contributed by atoms with Gasteiger partial charge < -0.3 is 9.47 Å². The van der Waals surface area contributed by atoms with E-state index in [1.54, 1.807) is 7.11 Å². The Kier molecular flexibility index (Phi) is 4.77. The van der Waals surface area contributed by atoms with E-state index in [1.165, 1.54) is 5.56 Å². The van der Waals surface area contributed by atoms with E-state index < -0.39 is 0 Å². The minimum Gasteiger partial charge on any atom is -0.497 e. The zero-order chi connectivity index (χ0) is 14.4. The van der Waals surface area contributed by atoms with Crippen LogP contribution in [0.15, 0.2) is 48.5 Å². The van der Waals surface area contributed by atoms with Crippen LogP contribution in [0.25, 0.3) is 0 Å². The first-order valence-electron chi connectivity index (χ1n) is 6.64. The molecule has 2 rings (SSSR count). The van der Waals surface area contributed by atoms with Crippen LogP contribution in [-0.2, 0) is 17.6 Å². The second-order valence-corrected chi connectivity index (χ2v) is 4.50. The number of methoxy groups -OCH3 is 1. The Morgan fingerprint density at radius 1 is 0.900 bits per heavy atom. The van der Waals surface area contributed by atoms with Gasteiger partial charge in [0.05, 0.1) is 13.5 Å². The molecule has 0 spiro atoms. The molecule has 0 atom stereocenters. The van der Waals surface area contributed by atoms with Crippen molar-refractivity contribution >= 4 is 5.97 Å². The van der Waals surface area contributed by atoms with Crippen LogP contribution in [0.2, 0.25) is 0 Å². The predicted octanol–water partition coefficient (Wildman–Crippen LogP) is 3.41. The van der Waals surface area contributed by atoms with Gasteiger partial charge in [-0.15, -0.1) is 0 Å². The minimum atomic E-state index is -0.264. The average Bonchev–Trinajstić information content (AvgIpc) is 2.49. The molecule has 2 aromatic carbocycles. The van der Waals surface area contributed by atoms with Gasteiger partial charge in [0.1, 0.15) is 11.5 Å². The summed E-state index contributed by atoms with van der Waals surface area (Å²) in [4.78, 5) is 11.8. The number of carbonyl (C=O) groups is 1. The molecule has 20 heavy (non-hydrogen) atoms. The van der Waals surface area contributed by atoms with Crippen LogP contribution in [0.4, 0.5) is 0 Å². The van der Waals surface area contributed by atoms with Crippen molar-refractivity contribution in [3.8, 4) is 11.5 Å². The Balaban J connectivity index is 1.93. The molecule has 0 aliphatic heterocycles. The van der Waals surface area contributed by atoms with E-state index in [4.69, 9.17) is 9.47 Å². The Bertz CT molecular complexity index is 504. The summed E-state index contributed by atoms with van der Waals surface area (Å²) in [6.07, 6.45) is 1.22. The summed E-state index contributed by atoms with van der Waals surface area (Å²) < 4.78 is 10.4. The fourth-order valence-electron chi connectivity index (χ4n) is 1.87. The number of esters is 1. The quantitative estimate of drug-likeness (QED) is 0.617. The van der Waals surface area contributed by atoms with Crippen LogP contribution in [0, 0.1) is 0 Å². The van der Waals surface area contributed by atoms with Gasteiger partial charge in [-0.05, 0) is 41.8 Å². The minimum absolute atomic E-state index is 0.250. The predicted molar refractivity (Wildman–Crippen MR) is 78.2 cm³/mol. The van der Waals surface area contributed by atoms with Crippen molar-refractivity contribution in [2.24, 2.45) is 0 Å². The van der Waals surface area contributed by atoms with Crippen LogP contribution in [-0.4, -0.2) is 13.1 Å². The number of hydrogen-bond donors (Lipinski definition) is 0. The van der Waals surface area contributed by atoms with Gasteiger partial charge in [-0.25, -0.2) is 0 Å². The van der Waals surface area contributed by atoms with Crippen molar-refractivity contribution < 1.29 is 14.3 Å². The Hall–Kier alpha value is -2.29. The molecule has 0 saturated carbocycles. The fraction of sp³-hybridized carbons (Fsp3) is 0.235. The fourth-order valence-corrected chi connectivity index (χ4v) is 1.87. The first-order chi connectivity index (χ1) is 9.71. The SMILES string of the molecule is CCc1ccc(OC(=O)Cc2ccc(OC)cc2)cc1. The molecule has 0 amide bonds. The molecule has 0 aromatic heterocycles. The first-order valence-corrected chi connectivity index (χ1v) is 6.64. The van der Waals surface area contributed by atoms with Crippen LogP contribution < -0.4 is 9.47 Å². The van der Waals surface area contributed by atoms with Crippen LogP contribution >= 0.6 is 0 Å². The zero-order valence-electron chi connectivity index (χ0n) is 11.8. The largest absolute Gasteiger partial charge is 0.497 e. The first kappa shape index (κ1) is 14.1. The van der Waals surface area contributed by atoms with E-state index >= 15 is 0 Å². The number of carbonyl (C=O) groups excluding carboxylic acids is 1. The van der Waals surface area contributed by atoms with Gasteiger partial charge in [-0.2, -0.15) is 0 Å². The molecule has 0 heterocycles. The second-order valence-electron chi connectivity index (χ2n) is 4.50. The number of ether oxygens (including phenoxy) is 2. The second kappa shape index (κ2) is 6.75. The number of aryl methyl sites for hydroxylation is 1. The molecule has 0 aliphatic carbocycles. The summed E-state index contributed by atoms with van der Waals surface area (Å²) in [6, 6.07) is 15.0. The summed E-state index contributed by atoms with van der Waals surface area (Å²) in [5.74, 6) is 1.09. The van der Waals surface area contributed by atoms with Crippen molar-refractivity contribution in [2.75, 3.05) is 7.11 Å². The summed E-state index contributed by atoms with van der Waals surface area (Å²) in [7, 11) is 1.61. The molecule has 0 unspecified atom stereocenters. The maximum absolute atomic E-state index is 11.8. The van der Waals surface area contributed by atoms with E-state index in [0.717, 1.165) is 17.7 Å². The lowest BCUT2D eigenvalue weighted by molar-refractivity contribution is -0.133. The van der Waals surface area contributed by atoms with Crippen molar-refractivity contribution in [1.29, 1.82) is 0 Å². The van der Waals surface area contributed by atoms with Crippen molar-refractivity contribution in [3.63, 3.8) is 0 Å². The molecule has 0 radical (unpaired) electrons. The highest BCUT2D eigenvalue weighted by Crippen LogP contribution is 2.15. The molecule has 0 fully saturated rings. The molecule has 0 saturated heterocycles. The molecule has 0 N–H and O–H groups in total. The highest BCUT2D eigenvalue weighted by Gasteiger charge is 2.06. The van der Waals surface area contributed by atoms with Crippen molar-refractivity contribution in [3.05, 3.63) is 59.7 Å². The third-order valence-corrected chi connectivity index (χ3v) is 3.07. The number of rotatable bonds is 5. The Labute approximate surface area is 119 Å². The lowest BCUT2D eigenvalue weighted by Crippen LogP contribution is -2.11. The number of hydrogen-bond acceptors (Lipinski definition) is 3. The third kappa shape index (κ3) is 3.85. The lowest BCUT2D eigenvalue weighted by atomic mass is 10.1. The lowest BCUT2D eigenvalue weighted by Gasteiger charge is -2.06. The van der Waals surface area contributed by atoms with Gasteiger partial charge in [0, 0.05) is 0 Å². The van der Waals surface area contributed by atoms with E-state index in [9.17, 15) is 4.79 Å². The summed E-state index contributed by atoms with van der Waals surface area (Å²) in [5.41, 5.74) is 2.13. The van der Waals surface area contributed by atoms with Gasteiger partial charge in [0.2, 0.25) is 0 Å².